The molecule has 0 aromatic carbocycles. The normalized spacial score (nSPS) is 21.0. The van der Waals surface area contributed by atoms with Crippen LogP contribution in [0.15, 0.2) is 0 Å². The lowest BCUT2D eigenvalue weighted by atomic mass is 9.87. The number of aliphatic hydroxyl groups excluding tert-OH is 2. The zero-order valence-corrected chi connectivity index (χ0v) is 7.79. The quantitative estimate of drug-likeness (QED) is 0.550. The average Bonchev–Trinajstić information content (AvgIpc) is 2.05. The Bertz CT molecular complexity index is 91.9. The van der Waals surface area contributed by atoms with Crippen LogP contribution in [0, 0.1) is 0 Å². The summed E-state index contributed by atoms with van der Waals surface area (Å²) in [4.78, 5) is 0. The van der Waals surface area contributed by atoms with E-state index in [1.54, 1.807) is 0 Å². The molecule has 0 atom stereocenters. The Morgan fingerprint density at radius 3 is 1.58 bits per heavy atom. The summed E-state index contributed by atoms with van der Waals surface area (Å²) in [6.07, 6.45) is 5.76. The summed E-state index contributed by atoms with van der Waals surface area (Å²) >= 11 is 0. The summed E-state index contributed by atoms with van der Waals surface area (Å²) in [5, 5.41) is 24.6. The Hall–Kier alpha value is -0.120. The molecule has 3 N–H and O–H groups in total. The van der Waals surface area contributed by atoms with Crippen molar-refractivity contribution in [1.82, 2.24) is 0 Å². The van der Waals surface area contributed by atoms with Crippen LogP contribution < -0.4 is 0 Å². The van der Waals surface area contributed by atoms with Gasteiger partial charge >= 0.3 is 0 Å². The molecule has 1 aliphatic rings. The van der Waals surface area contributed by atoms with Crippen LogP contribution in [-0.4, -0.2) is 34.1 Å². The molecule has 0 aliphatic heterocycles. The zero-order valence-electron chi connectivity index (χ0n) is 7.79. The lowest BCUT2D eigenvalue weighted by Crippen LogP contribution is -2.26. The molecule has 1 rings (SSSR count). The molecule has 1 fully saturated rings. The molecule has 3 nitrogen and oxygen atoms in total. The standard InChI is InChI=1S/C7H14O.C2H6O2/c1-7(8)5-3-2-4-6-7;3-1-2-4/h8H,2-6H2,1H3;3-4H,1-2H2. The molecular formula is C9H20O3. The van der Waals surface area contributed by atoms with Crippen LogP contribution in [0.25, 0.3) is 0 Å². The van der Waals surface area contributed by atoms with Gasteiger partial charge in [-0.15, -0.1) is 0 Å². The zero-order chi connectivity index (χ0) is 9.45. The van der Waals surface area contributed by atoms with E-state index in [1.165, 1.54) is 19.3 Å². The fourth-order valence-corrected chi connectivity index (χ4v) is 1.31. The lowest BCUT2D eigenvalue weighted by molar-refractivity contribution is 0.0225. The first-order valence-electron chi connectivity index (χ1n) is 4.56. The van der Waals surface area contributed by atoms with Gasteiger partial charge in [-0.05, 0) is 19.8 Å². The van der Waals surface area contributed by atoms with Crippen molar-refractivity contribution >= 4 is 0 Å². The highest BCUT2D eigenvalue weighted by atomic mass is 16.3. The van der Waals surface area contributed by atoms with Gasteiger partial charge in [0, 0.05) is 0 Å². The summed E-state index contributed by atoms with van der Waals surface area (Å²) in [5.74, 6) is 0. The fraction of sp³-hybridized carbons (Fsp3) is 1.00. The first-order chi connectivity index (χ1) is 5.62. The van der Waals surface area contributed by atoms with Gasteiger partial charge in [0.05, 0.1) is 18.8 Å². The van der Waals surface area contributed by atoms with Gasteiger partial charge in [0.25, 0.3) is 0 Å². The van der Waals surface area contributed by atoms with Crippen LogP contribution in [0.2, 0.25) is 0 Å². The minimum atomic E-state index is -0.321. The van der Waals surface area contributed by atoms with E-state index in [9.17, 15) is 5.11 Å². The molecule has 0 aromatic rings. The maximum absolute atomic E-state index is 9.37. The van der Waals surface area contributed by atoms with E-state index in [0.29, 0.717) is 0 Å². The van der Waals surface area contributed by atoms with Crippen molar-refractivity contribution < 1.29 is 15.3 Å². The maximum atomic E-state index is 9.37. The summed E-state index contributed by atoms with van der Waals surface area (Å²) < 4.78 is 0. The highest BCUT2D eigenvalue weighted by Crippen LogP contribution is 2.26. The molecule has 1 saturated carbocycles. The van der Waals surface area contributed by atoms with Crippen molar-refractivity contribution in [2.45, 2.75) is 44.6 Å². The topological polar surface area (TPSA) is 60.7 Å². The minimum Gasteiger partial charge on any atom is -0.394 e. The molecule has 0 aromatic heterocycles. The van der Waals surface area contributed by atoms with Crippen molar-refractivity contribution in [1.29, 1.82) is 0 Å². The SMILES string of the molecule is CC1(O)CCCCC1.OCCO. The van der Waals surface area contributed by atoms with E-state index in [4.69, 9.17) is 10.2 Å². The van der Waals surface area contributed by atoms with Gasteiger partial charge in [0.15, 0.2) is 0 Å². The third-order valence-electron chi connectivity index (χ3n) is 2.03. The second-order valence-electron chi connectivity index (χ2n) is 3.50. The van der Waals surface area contributed by atoms with Crippen molar-refractivity contribution in [3.63, 3.8) is 0 Å². The monoisotopic (exact) mass is 176 g/mol. The second-order valence-corrected chi connectivity index (χ2v) is 3.50. The molecule has 0 amide bonds. The van der Waals surface area contributed by atoms with E-state index in [-0.39, 0.29) is 18.8 Å². The van der Waals surface area contributed by atoms with E-state index in [1.807, 2.05) is 6.92 Å². The van der Waals surface area contributed by atoms with Gasteiger partial charge in [-0.2, -0.15) is 0 Å². The molecule has 0 bridgehead atoms. The molecule has 12 heavy (non-hydrogen) atoms. The number of hydrogen-bond acceptors (Lipinski definition) is 3. The summed E-state index contributed by atoms with van der Waals surface area (Å²) in [6.45, 7) is 1.69. The van der Waals surface area contributed by atoms with Crippen LogP contribution in [0.1, 0.15) is 39.0 Å². The minimum absolute atomic E-state index is 0.125. The van der Waals surface area contributed by atoms with Gasteiger partial charge in [-0.1, -0.05) is 19.3 Å². The van der Waals surface area contributed by atoms with E-state index < -0.39 is 0 Å². The van der Waals surface area contributed by atoms with Gasteiger partial charge in [0.1, 0.15) is 0 Å². The Morgan fingerprint density at radius 2 is 1.42 bits per heavy atom. The second kappa shape index (κ2) is 6.40. The Kier molecular flexibility index (Phi) is 6.34. The van der Waals surface area contributed by atoms with Crippen molar-refractivity contribution in [2.75, 3.05) is 13.2 Å². The Balaban J connectivity index is 0.000000261. The molecule has 0 spiro atoms. The largest absolute Gasteiger partial charge is 0.394 e. The predicted molar refractivity (Wildman–Crippen MR) is 47.9 cm³/mol. The summed E-state index contributed by atoms with van der Waals surface area (Å²) in [7, 11) is 0. The average molecular weight is 176 g/mol. The highest BCUT2D eigenvalue weighted by molar-refractivity contribution is 4.76. The van der Waals surface area contributed by atoms with Crippen LogP contribution in [-0.2, 0) is 0 Å². The van der Waals surface area contributed by atoms with Crippen LogP contribution in [0.5, 0.6) is 0 Å². The molecule has 0 unspecified atom stereocenters. The van der Waals surface area contributed by atoms with Crippen LogP contribution in [0.4, 0.5) is 0 Å². The van der Waals surface area contributed by atoms with Gasteiger partial charge in [0.2, 0.25) is 0 Å². The first kappa shape index (κ1) is 11.9. The molecule has 0 heterocycles. The van der Waals surface area contributed by atoms with Crippen molar-refractivity contribution in [3.8, 4) is 0 Å². The molecule has 0 radical (unpaired) electrons. The number of rotatable bonds is 1. The maximum Gasteiger partial charge on any atom is 0.0662 e. The molecular weight excluding hydrogens is 156 g/mol. The molecule has 74 valence electrons. The van der Waals surface area contributed by atoms with Crippen molar-refractivity contribution in [3.05, 3.63) is 0 Å². The first-order valence-corrected chi connectivity index (χ1v) is 4.56. The smallest absolute Gasteiger partial charge is 0.0662 e. The highest BCUT2D eigenvalue weighted by Gasteiger charge is 2.22. The number of aliphatic hydroxyl groups is 3. The third kappa shape index (κ3) is 6.58. The van der Waals surface area contributed by atoms with Gasteiger partial charge in [-0.25, -0.2) is 0 Å². The van der Waals surface area contributed by atoms with E-state index in [2.05, 4.69) is 0 Å². The molecule has 3 heteroatoms. The van der Waals surface area contributed by atoms with E-state index in [0.717, 1.165) is 12.8 Å². The molecule has 1 aliphatic carbocycles. The van der Waals surface area contributed by atoms with Gasteiger partial charge < -0.3 is 15.3 Å². The summed E-state index contributed by atoms with van der Waals surface area (Å²) in [5.41, 5.74) is -0.321. The molecule has 0 saturated heterocycles. The number of hydrogen-bond donors (Lipinski definition) is 3. The third-order valence-corrected chi connectivity index (χ3v) is 2.03. The fourth-order valence-electron chi connectivity index (χ4n) is 1.31. The lowest BCUT2D eigenvalue weighted by Gasteiger charge is -2.27. The Morgan fingerprint density at radius 1 is 1.00 bits per heavy atom. The van der Waals surface area contributed by atoms with E-state index >= 15 is 0 Å². The van der Waals surface area contributed by atoms with Crippen LogP contribution >= 0.6 is 0 Å². The Labute approximate surface area is 74.0 Å². The van der Waals surface area contributed by atoms with Crippen molar-refractivity contribution in [2.24, 2.45) is 0 Å². The van der Waals surface area contributed by atoms with Gasteiger partial charge in [-0.3, -0.25) is 0 Å². The summed E-state index contributed by atoms with van der Waals surface area (Å²) in [6, 6.07) is 0. The predicted octanol–water partition coefficient (Wildman–Crippen LogP) is 0.672. The van der Waals surface area contributed by atoms with Crippen LogP contribution in [0.3, 0.4) is 0 Å².